The third kappa shape index (κ3) is 4.17. The number of aromatic nitrogens is 2. The summed E-state index contributed by atoms with van der Waals surface area (Å²) < 4.78 is 5.52. The Kier molecular flexibility index (Phi) is 5.45. The zero-order valence-electron chi connectivity index (χ0n) is 15.7. The van der Waals surface area contributed by atoms with Gasteiger partial charge in [0.2, 0.25) is 0 Å². The second kappa shape index (κ2) is 8.31. The minimum absolute atomic E-state index is 0.468. The number of nitrogens with zero attached hydrogens (tertiary/aromatic N) is 3. The van der Waals surface area contributed by atoms with Gasteiger partial charge in [-0.2, -0.15) is 0 Å². The largest absolute Gasteiger partial charge is 0.496 e. The van der Waals surface area contributed by atoms with Gasteiger partial charge in [-0.25, -0.2) is 0 Å². The lowest BCUT2D eigenvalue weighted by molar-refractivity contribution is 0.198. The van der Waals surface area contributed by atoms with Gasteiger partial charge in [-0.1, -0.05) is 18.2 Å². The van der Waals surface area contributed by atoms with E-state index in [4.69, 9.17) is 9.72 Å². The second-order valence-electron chi connectivity index (χ2n) is 7.08. The first-order valence-corrected chi connectivity index (χ1v) is 9.55. The quantitative estimate of drug-likeness (QED) is 0.671. The van der Waals surface area contributed by atoms with E-state index in [0.29, 0.717) is 5.92 Å². The molecule has 0 saturated carbocycles. The fourth-order valence-corrected chi connectivity index (χ4v) is 3.87. The number of methoxy groups -OCH3 is 1. The van der Waals surface area contributed by atoms with Crippen LogP contribution in [-0.2, 0) is 6.54 Å². The number of rotatable bonds is 5. The Balaban J connectivity index is 1.53. The Hall–Kier alpha value is -2.72. The van der Waals surface area contributed by atoms with E-state index in [-0.39, 0.29) is 0 Å². The maximum Gasteiger partial charge on any atom is 0.128 e. The third-order valence-electron chi connectivity index (χ3n) is 5.23. The van der Waals surface area contributed by atoms with Crippen molar-refractivity contribution in [2.75, 3.05) is 20.2 Å². The summed E-state index contributed by atoms with van der Waals surface area (Å²) in [5, 5.41) is 0. The Labute approximate surface area is 160 Å². The lowest BCUT2D eigenvalue weighted by Crippen LogP contribution is -2.34. The molecule has 3 aromatic rings. The van der Waals surface area contributed by atoms with Gasteiger partial charge < -0.3 is 4.74 Å². The summed E-state index contributed by atoms with van der Waals surface area (Å²) in [5.74, 6) is 1.33. The summed E-state index contributed by atoms with van der Waals surface area (Å²) in [7, 11) is 1.71. The summed E-state index contributed by atoms with van der Waals surface area (Å²) in [6, 6.07) is 18.6. The predicted octanol–water partition coefficient (Wildman–Crippen LogP) is 4.53. The maximum atomic E-state index is 5.52. The zero-order chi connectivity index (χ0) is 18.5. The van der Waals surface area contributed by atoms with Gasteiger partial charge in [0.1, 0.15) is 5.75 Å². The van der Waals surface area contributed by atoms with Crippen LogP contribution in [0.15, 0.2) is 67.0 Å². The molecule has 1 aliphatic rings. The number of likely N-dealkylation sites (tertiary alicyclic amines) is 1. The van der Waals surface area contributed by atoms with Gasteiger partial charge >= 0.3 is 0 Å². The standard InChI is InChI=1S/C23H25N3O/c1-27-23-10-3-2-7-20(23)22-9-4-8-21(25-22)19-6-5-15-26(17-19)16-18-11-13-24-14-12-18/h2-4,7-14,19H,5-6,15-17H2,1H3/t19-/m1/s1. The molecule has 3 heterocycles. The molecule has 0 amide bonds. The van der Waals surface area contributed by atoms with Crippen molar-refractivity contribution in [3.8, 4) is 17.0 Å². The number of ether oxygens (including phenoxy) is 1. The molecule has 0 N–H and O–H groups in total. The van der Waals surface area contributed by atoms with Crippen molar-refractivity contribution in [3.05, 3.63) is 78.2 Å². The fourth-order valence-electron chi connectivity index (χ4n) is 3.87. The van der Waals surface area contributed by atoms with Crippen molar-refractivity contribution in [1.29, 1.82) is 0 Å². The number of pyridine rings is 2. The van der Waals surface area contributed by atoms with Crippen LogP contribution in [0.2, 0.25) is 0 Å². The van der Waals surface area contributed by atoms with Gasteiger partial charge in [0.25, 0.3) is 0 Å². The zero-order valence-corrected chi connectivity index (χ0v) is 15.7. The Morgan fingerprint density at radius 3 is 2.74 bits per heavy atom. The SMILES string of the molecule is COc1ccccc1-c1cccc([C@@H]2CCCN(Cc3ccncc3)C2)n1. The molecule has 1 saturated heterocycles. The van der Waals surface area contributed by atoms with E-state index < -0.39 is 0 Å². The van der Waals surface area contributed by atoms with Gasteiger partial charge in [-0.3, -0.25) is 14.9 Å². The molecule has 4 rings (SSSR count). The van der Waals surface area contributed by atoms with E-state index in [2.05, 4.69) is 46.3 Å². The first-order chi connectivity index (χ1) is 13.3. The van der Waals surface area contributed by atoms with Crippen LogP contribution in [0, 0.1) is 0 Å². The minimum atomic E-state index is 0.468. The lowest BCUT2D eigenvalue weighted by atomic mass is 9.93. The Morgan fingerprint density at radius 2 is 1.89 bits per heavy atom. The van der Waals surface area contributed by atoms with Gasteiger partial charge in [0.05, 0.1) is 12.8 Å². The summed E-state index contributed by atoms with van der Waals surface area (Å²) in [6.07, 6.45) is 6.13. The molecular weight excluding hydrogens is 334 g/mol. The normalized spacial score (nSPS) is 17.6. The van der Waals surface area contributed by atoms with Crippen LogP contribution in [0.5, 0.6) is 5.75 Å². The summed E-state index contributed by atoms with van der Waals surface area (Å²) in [6.45, 7) is 3.17. The van der Waals surface area contributed by atoms with Crippen LogP contribution in [0.1, 0.15) is 30.0 Å². The van der Waals surface area contributed by atoms with E-state index in [1.54, 1.807) is 7.11 Å². The highest BCUT2D eigenvalue weighted by Crippen LogP contribution is 2.31. The third-order valence-corrected chi connectivity index (χ3v) is 5.23. The average molecular weight is 359 g/mol. The van der Waals surface area contributed by atoms with E-state index in [0.717, 1.165) is 36.6 Å². The second-order valence-corrected chi connectivity index (χ2v) is 7.08. The molecule has 1 fully saturated rings. The maximum absolute atomic E-state index is 5.52. The number of piperidine rings is 1. The Morgan fingerprint density at radius 1 is 1.04 bits per heavy atom. The molecular formula is C23H25N3O. The molecule has 2 aromatic heterocycles. The molecule has 4 heteroatoms. The van der Waals surface area contributed by atoms with Crippen LogP contribution in [0.3, 0.4) is 0 Å². The number of hydrogen-bond donors (Lipinski definition) is 0. The van der Waals surface area contributed by atoms with Crippen LogP contribution >= 0.6 is 0 Å². The first-order valence-electron chi connectivity index (χ1n) is 9.55. The molecule has 0 radical (unpaired) electrons. The predicted molar refractivity (Wildman–Crippen MR) is 108 cm³/mol. The van der Waals surface area contributed by atoms with Crippen LogP contribution < -0.4 is 4.74 Å². The topological polar surface area (TPSA) is 38.2 Å². The van der Waals surface area contributed by atoms with E-state index in [1.165, 1.54) is 24.1 Å². The van der Waals surface area contributed by atoms with Crippen molar-refractivity contribution in [2.24, 2.45) is 0 Å². The van der Waals surface area contributed by atoms with Gasteiger partial charge in [-0.05, 0) is 61.3 Å². The van der Waals surface area contributed by atoms with Crippen molar-refractivity contribution in [1.82, 2.24) is 14.9 Å². The molecule has 1 aromatic carbocycles. The van der Waals surface area contributed by atoms with Crippen LogP contribution in [0.4, 0.5) is 0 Å². The van der Waals surface area contributed by atoms with Gasteiger partial charge in [0, 0.05) is 42.7 Å². The van der Waals surface area contributed by atoms with Crippen LogP contribution in [0.25, 0.3) is 11.3 Å². The smallest absolute Gasteiger partial charge is 0.128 e. The highest BCUT2D eigenvalue weighted by molar-refractivity contribution is 5.67. The van der Waals surface area contributed by atoms with Crippen LogP contribution in [-0.4, -0.2) is 35.1 Å². The molecule has 0 bridgehead atoms. The highest BCUT2D eigenvalue weighted by Gasteiger charge is 2.23. The average Bonchev–Trinajstić information content (AvgIpc) is 2.75. The monoisotopic (exact) mass is 359 g/mol. The summed E-state index contributed by atoms with van der Waals surface area (Å²) in [5.41, 5.74) is 4.53. The number of benzene rings is 1. The van der Waals surface area contributed by atoms with Gasteiger partial charge in [0.15, 0.2) is 0 Å². The molecule has 0 spiro atoms. The molecule has 0 unspecified atom stereocenters. The number of hydrogen-bond acceptors (Lipinski definition) is 4. The van der Waals surface area contributed by atoms with Crippen molar-refractivity contribution in [3.63, 3.8) is 0 Å². The van der Waals surface area contributed by atoms with E-state index >= 15 is 0 Å². The van der Waals surface area contributed by atoms with Gasteiger partial charge in [-0.15, -0.1) is 0 Å². The highest BCUT2D eigenvalue weighted by atomic mass is 16.5. The molecule has 1 aliphatic heterocycles. The molecule has 1 atom stereocenters. The molecule has 138 valence electrons. The molecule has 27 heavy (non-hydrogen) atoms. The van der Waals surface area contributed by atoms with Crippen molar-refractivity contribution >= 4 is 0 Å². The summed E-state index contributed by atoms with van der Waals surface area (Å²) >= 11 is 0. The van der Waals surface area contributed by atoms with Crippen molar-refractivity contribution in [2.45, 2.75) is 25.3 Å². The van der Waals surface area contributed by atoms with E-state index in [1.807, 2.05) is 30.6 Å². The van der Waals surface area contributed by atoms with E-state index in [9.17, 15) is 0 Å². The minimum Gasteiger partial charge on any atom is -0.496 e. The van der Waals surface area contributed by atoms with Crippen molar-refractivity contribution < 1.29 is 4.74 Å². The fraction of sp³-hybridized carbons (Fsp3) is 0.304. The molecule has 4 nitrogen and oxygen atoms in total. The summed E-state index contributed by atoms with van der Waals surface area (Å²) in [4.78, 5) is 11.6. The lowest BCUT2D eigenvalue weighted by Gasteiger charge is -2.32. The number of para-hydroxylation sites is 1. The first kappa shape index (κ1) is 17.7. The molecule has 0 aliphatic carbocycles. The Bertz CT molecular complexity index is 882.